The zero-order chi connectivity index (χ0) is 30.2. The van der Waals surface area contributed by atoms with Crippen LogP contribution in [0.15, 0.2) is 28.7 Å². The maximum absolute atomic E-state index is 14.1. The molecule has 1 aromatic carbocycles. The Kier molecular flexibility index (Phi) is 7.23. The first-order valence-electron chi connectivity index (χ1n) is 14.2. The van der Waals surface area contributed by atoms with Gasteiger partial charge in [0.2, 0.25) is 0 Å². The van der Waals surface area contributed by atoms with Gasteiger partial charge in [-0.15, -0.1) is 0 Å². The standard InChI is InChI=1S/C30H39F2N3O6/c1-5-14-10-16(13-35-8-6-30(31,32)7-9-35)24(36)20-17(14)11-15-12-18-21(26(38)19(15)25(20)37)29(2,41)22(28(33)40)27(39)23(18)34(3)4/h10,15,18,21,23,36,38-39,41H,5-9,11-13H2,1-4H3,(H2,33,40)/t15?,18?,21?,23-,29?/m0/s1. The fourth-order valence-electron chi connectivity index (χ4n) is 7.82. The molecule has 0 radical (unpaired) electrons. The van der Waals surface area contributed by atoms with E-state index >= 15 is 0 Å². The first kappa shape index (κ1) is 29.5. The molecule has 1 aliphatic heterocycles. The molecule has 1 aromatic rings. The summed E-state index contributed by atoms with van der Waals surface area (Å²) in [7, 11) is 3.43. The number of aliphatic hydroxyl groups is 3. The number of carbonyl (C=O) groups is 2. The fourth-order valence-corrected chi connectivity index (χ4v) is 7.82. The van der Waals surface area contributed by atoms with Crippen LogP contribution in [0.5, 0.6) is 5.75 Å². The van der Waals surface area contributed by atoms with Gasteiger partial charge in [-0.1, -0.05) is 13.0 Å². The molecule has 0 bridgehead atoms. The maximum Gasteiger partial charge on any atom is 0.251 e. The van der Waals surface area contributed by atoms with Crippen molar-refractivity contribution in [2.45, 2.75) is 70.1 Å². The van der Waals surface area contributed by atoms with E-state index in [0.29, 0.717) is 30.4 Å². The van der Waals surface area contributed by atoms with Crippen molar-refractivity contribution in [3.63, 3.8) is 0 Å². The number of fused-ring (bicyclic) bond motifs is 3. The van der Waals surface area contributed by atoms with Crippen molar-refractivity contribution < 1.29 is 38.8 Å². The minimum atomic E-state index is -2.71. The molecule has 6 N–H and O–H groups in total. The predicted molar refractivity (Wildman–Crippen MR) is 147 cm³/mol. The molecule has 224 valence electrons. The second-order valence-corrected chi connectivity index (χ2v) is 12.5. The number of nitrogens with zero attached hydrogens (tertiary/aromatic N) is 2. The molecule has 1 amide bonds. The lowest BCUT2D eigenvalue weighted by molar-refractivity contribution is -0.120. The molecule has 41 heavy (non-hydrogen) atoms. The molecule has 4 unspecified atom stereocenters. The number of Topliss-reactive ketones (excluding diaryl/α,β-unsaturated/α-hetero) is 1. The van der Waals surface area contributed by atoms with E-state index < -0.39 is 52.6 Å². The lowest BCUT2D eigenvalue weighted by atomic mass is 9.56. The highest BCUT2D eigenvalue weighted by Crippen LogP contribution is 2.55. The number of hydrogen-bond donors (Lipinski definition) is 5. The van der Waals surface area contributed by atoms with Gasteiger partial charge in [0.15, 0.2) is 5.78 Å². The molecule has 5 atom stereocenters. The number of nitrogens with two attached hydrogens (primary N) is 1. The number of phenols is 1. The molecular formula is C30H39F2N3O6. The zero-order valence-corrected chi connectivity index (χ0v) is 23.9. The molecule has 9 nitrogen and oxygen atoms in total. The fraction of sp³-hybridized carbons (Fsp3) is 0.600. The van der Waals surface area contributed by atoms with Crippen molar-refractivity contribution in [2.24, 2.45) is 23.5 Å². The van der Waals surface area contributed by atoms with E-state index in [1.807, 2.05) is 17.9 Å². The third-order valence-corrected chi connectivity index (χ3v) is 9.68. The van der Waals surface area contributed by atoms with Crippen LogP contribution in [-0.4, -0.2) is 86.7 Å². The molecule has 1 heterocycles. The van der Waals surface area contributed by atoms with E-state index in [-0.39, 0.29) is 60.9 Å². The normalized spacial score (nSPS) is 31.7. The number of halogens is 2. The van der Waals surface area contributed by atoms with E-state index in [9.17, 15) is 38.8 Å². The predicted octanol–water partition coefficient (Wildman–Crippen LogP) is 2.98. The Morgan fingerprint density at radius 3 is 2.34 bits per heavy atom. The third kappa shape index (κ3) is 4.62. The van der Waals surface area contributed by atoms with Gasteiger partial charge in [0, 0.05) is 43.6 Å². The molecule has 1 saturated heterocycles. The number of ketones is 1. The van der Waals surface area contributed by atoms with E-state index in [1.54, 1.807) is 19.0 Å². The van der Waals surface area contributed by atoms with Gasteiger partial charge in [0.05, 0.1) is 23.1 Å². The van der Waals surface area contributed by atoms with Gasteiger partial charge in [0.25, 0.3) is 11.8 Å². The number of aliphatic hydroxyl groups excluding tert-OH is 2. The third-order valence-electron chi connectivity index (χ3n) is 9.68. The average Bonchev–Trinajstić information content (AvgIpc) is 2.85. The maximum atomic E-state index is 14.1. The highest BCUT2D eigenvalue weighted by molar-refractivity contribution is 6.14. The van der Waals surface area contributed by atoms with E-state index in [0.717, 1.165) is 5.56 Å². The second-order valence-electron chi connectivity index (χ2n) is 12.5. The monoisotopic (exact) mass is 575 g/mol. The summed E-state index contributed by atoms with van der Waals surface area (Å²) in [5.74, 6) is -7.31. The van der Waals surface area contributed by atoms with Crippen LogP contribution in [0.25, 0.3) is 0 Å². The number of aromatic hydroxyl groups is 1. The second kappa shape index (κ2) is 10.1. The van der Waals surface area contributed by atoms with Crippen LogP contribution in [0, 0.1) is 17.8 Å². The smallest absolute Gasteiger partial charge is 0.251 e. The summed E-state index contributed by atoms with van der Waals surface area (Å²) in [6.45, 7) is 3.79. The molecule has 5 rings (SSSR count). The highest BCUT2D eigenvalue weighted by atomic mass is 19.3. The van der Waals surface area contributed by atoms with E-state index in [1.165, 1.54) is 6.92 Å². The van der Waals surface area contributed by atoms with Crippen molar-refractivity contribution in [3.8, 4) is 5.75 Å². The van der Waals surface area contributed by atoms with Gasteiger partial charge in [0.1, 0.15) is 22.9 Å². The molecule has 1 fully saturated rings. The number of benzene rings is 1. The molecule has 0 saturated carbocycles. The molecule has 4 aliphatic rings. The van der Waals surface area contributed by atoms with Gasteiger partial charge in [-0.05, 0) is 63.2 Å². The van der Waals surface area contributed by atoms with Crippen molar-refractivity contribution in [2.75, 3.05) is 27.2 Å². The lowest BCUT2D eigenvalue weighted by Gasteiger charge is -2.52. The highest BCUT2D eigenvalue weighted by Gasteiger charge is 2.59. The van der Waals surface area contributed by atoms with Crippen LogP contribution in [0.3, 0.4) is 0 Å². The molecule has 0 aromatic heterocycles. The number of carbonyl (C=O) groups excluding carboxylic acids is 2. The number of amides is 1. The Hall–Kier alpha value is -3.02. The molecule has 0 spiro atoms. The lowest BCUT2D eigenvalue weighted by Crippen LogP contribution is -2.59. The van der Waals surface area contributed by atoms with Crippen LogP contribution in [0.1, 0.15) is 60.2 Å². The van der Waals surface area contributed by atoms with Crippen LogP contribution < -0.4 is 5.73 Å². The minimum Gasteiger partial charge on any atom is -0.511 e. The van der Waals surface area contributed by atoms with E-state index in [4.69, 9.17) is 5.73 Å². The SMILES string of the molecule is CCc1cc(CN2CCC(F)(F)CC2)c(O)c2c1CC1CC3C(C(O)=C1C2=O)C(C)(O)C(C(N)=O)=C(O)[C@H]3N(C)C. The summed E-state index contributed by atoms with van der Waals surface area (Å²) in [5, 5.41) is 45.7. The summed E-state index contributed by atoms with van der Waals surface area (Å²) in [4.78, 5) is 30.0. The Labute approximate surface area is 237 Å². The number of rotatable bonds is 5. The van der Waals surface area contributed by atoms with Crippen molar-refractivity contribution >= 4 is 11.7 Å². The summed E-state index contributed by atoms with van der Waals surface area (Å²) < 4.78 is 27.4. The van der Waals surface area contributed by atoms with Crippen LogP contribution >= 0.6 is 0 Å². The number of piperidine rings is 1. The summed E-state index contributed by atoms with van der Waals surface area (Å²) in [5.41, 5.74) is 5.29. The van der Waals surface area contributed by atoms with Gasteiger partial charge in [-0.2, -0.15) is 0 Å². The largest absolute Gasteiger partial charge is 0.511 e. The minimum absolute atomic E-state index is 0.0776. The summed E-state index contributed by atoms with van der Waals surface area (Å²) >= 11 is 0. The number of likely N-dealkylation sites (N-methyl/N-ethyl adjacent to an activating group) is 1. The number of primary amides is 1. The summed E-state index contributed by atoms with van der Waals surface area (Å²) in [6, 6.07) is 1.11. The van der Waals surface area contributed by atoms with Crippen molar-refractivity contribution in [1.82, 2.24) is 9.80 Å². The van der Waals surface area contributed by atoms with Crippen LogP contribution in [-0.2, 0) is 24.2 Å². The number of hydrogen-bond acceptors (Lipinski definition) is 8. The Bertz CT molecular complexity index is 1360. The van der Waals surface area contributed by atoms with Crippen LogP contribution in [0.4, 0.5) is 8.78 Å². The number of likely N-dealkylation sites (tertiary alicyclic amines) is 1. The van der Waals surface area contributed by atoms with Gasteiger partial charge in [-0.25, -0.2) is 8.78 Å². The number of aryl methyl sites for hydroxylation is 1. The van der Waals surface area contributed by atoms with Gasteiger partial charge in [-0.3, -0.25) is 19.4 Å². The first-order valence-corrected chi connectivity index (χ1v) is 14.2. The molecular weight excluding hydrogens is 536 g/mol. The average molecular weight is 576 g/mol. The Balaban J connectivity index is 1.60. The number of phenolic OH excluding ortho intramolecular Hbond substituents is 1. The topological polar surface area (TPSA) is 148 Å². The molecule has 3 aliphatic carbocycles. The first-order chi connectivity index (χ1) is 19.1. The summed E-state index contributed by atoms with van der Waals surface area (Å²) in [6.07, 6.45) is 0.720. The Morgan fingerprint density at radius 2 is 1.78 bits per heavy atom. The Morgan fingerprint density at radius 1 is 1.15 bits per heavy atom. The number of alkyl halides is 2. The van der Waals surface area contributed by atoms with Crippen molar-refractivity contribution in [3.05, 3.63) is 51.0 Å². The van der Waals surface area contributed by atoms with Crippen LogP contribution in [0.2, 0.25) is 0 Å². The quantitative estimate of drug-likeness (QED) is 0.360. The van der Waals surface area contributed by atoms with Crippen molar-refractivity contribution in [1.29, 1.82) is 0 Å². The number of allylic oxidation sites excluding steroid dienone is 1. The zero-order valence-electron chi connectivity index (χ0n) is 23.9. The molecule has 11 heteroatoms. The van der Waals surface area contributed by atoms with Gasteiger partial charge < -0.3 is 26.2 Å². The van der Waals surface area contributed by atoms with E-state index in [2.05, 4.69) is 0 Å². The van der Waals surface area contributed by atoms with Gasteiger partial charge >= 0.3 is 0 Å².